The molecule has 0 heterocycles. The van der Waals surface area contributed by atoms with E-state index in [2.05, 4.69) is 43.8 Å². The van der Waals surface area contributed by atoms with Gasteiger partial charge in [-0.2, -0.15) is 0 Å². The Morgan fingerprint density at radius 2 is 2.20 bits per heavy atom. The molecule has 1 rings (SSSR count). The minimum absolute atomic E-state index is 0.228. The zero-order valence-electron chi connectivity index (χ0n) is 7.76. The van der Waals surface area contributed by atoms with Gasteiger partial charge in [0, 0.05) is 15.5 Å². The van der Waals surface area contributed by atoms with Crippen molar-refractivity contribution in [2.45, 2.75) is 0 Å². The molecule has 15 heavy (non-hydrogen) atoms. The second kappa shape index (κ2) is 5.32. The van der Waals surface area contributed by atoms with Gasteiger partial charge < -0.3 is 10.4 Å². The third kappa shape index (κ3) is 3.35. The van der Waals surface area contributed by atoms with Gasteiger partial charge >= 0.3 is 5.97 Å². The Kier molecular flexibility index (Phi) is 4.35. The van der Waals surface area contributed by atoms with E-state index >= 15 is 0 Å². The highest BCUT2D eigenvalue weighted by molar-refractivity contribution is 9.11. The molecule has 0 atom stereocenters. The number of carboxylic acid groups (broad SMARTS) is 1. The molecule has 0 radical (unpaired) electrons. The Labute approximate surface area is 104 Å². The summed E-state index contributed by atoms with van der Waals surface area (Å²) in [5.41, 5.74) is 0.795. The van der Waals surface area contributed by atoms with Crippen LogP contribution in [0.3, 0.4) is 0 Å². The molecule has 1 aromatic rings. The topological polar surface area (TPSA) is 49.3 Å². The number of carboxylic acids is 1. The predicted molar refractivity (Wildman–Crippen MR) is 67.7 cm³/mol. The summed E-state index contributed by atoms with van der Waals surface area (Å²) < 4.78 is 1.32. The van der Waals surface area contributed by atoms with Crippen LogP contribution >= 0.6 is 31.9 Å². The van der Waals surface area contributed by atoms with Crippen LogP contribution in [0.15, 0.2) is 33.7 Å². The van der Waals surface area contributed by atoms with Crippen LogP contribution in [-0.4, -0.2) is 17.6 Å². The monoisotopic (exact) mass is 333 g/mol. The third-order valence-electron chi connectivity index (χ3n) is 1.70. The fraction of sp³-hybridized carbons (Fsp3) is 0.100. The fourth-order valence-electron chi connectivity index (χ4n) is 1.08. The molecule has 0 aromatic heterocycles. The van der Waals surface area contributed by atoms with E-state index in [1.807, 2.05) is 0 Å². The maximum atomic E-state index is 11.0. The van der Waals surface area contributed by atoms with E-state index in [0.717, 1.165) is 4.48 Å². The summed E-state index contributed by atoms with van der Waals surface area (Å²) in [4.78, 5) is 11.0. The van der Waals surface area contributed by atoms with Gasteiger partial charge in [-0.1, -0.05) is 28.6 Å². The van der Waals surface area contributed by atoms with Crippen LogP contribution in [-0.2, 0) is 0 Å². The Hall–Kier alpha value is -0.810. The summed E-state index contributed by atoms with van der Waals surface area (Å²) in [6, 6.07) is 5.18. The summed E-state index contributed by atoms with van der Waals surface area (Å²) >= 11 is 6.40. The van der Waals surface area contributed by atoms with Crippen molar-refractivity contribution in [3.05, 3.63) is 39.3 Å². The Morgan fingerprint density at radius 1 is 1.53 bits per heavy atom. The normalized spacial score (nSPS) is 9.73. The lowest BCUT2D eigenvalue weighted by atomic mass is 10.2. The largest absolute Gasteiger partial charge is 0.478 e. The lowest BCUT2D eigenvalue weighted by Gasteiger charge is -2.09. The lowest BCUT2D eigenvalue weighted by molar-refractivity contribution is 0.0697. The van der Waals surface area contributed by atoms with Crippen molar-refractivity contribution in [1.29, 1.82) is 0 Å². The summed E-state index contributed by atoms with van der Waals surface area (Å²) in [7, 11) is 0. The highest BCUT2D eigenvalue weighted by Crippen LogP contribution is 2.25. The number of rotatable bonds is 4. The van der Waals surface area contributed by atoms with Crippen LogP contribution < -0.4 is 5.32 Å². The van der Waals surface area contributed by atoms with E-state index in [-0.39, 0.29) is 5.56 Å². The van der Waals surface area contributed by atoms with Crippen molar-refractivity contribution in [3.63, 3.8) is 0 Å². The number of aromatic carboxylic acids is 1. The van der Waals surface area contributed by atoms with Crippen molar-refractivity contribution >= 4 is 43.5 Å². The smallest absolute Gasteiger partial charge is 0.338 e. The molecule has 0 aliphatic carbocycles. The number of carbonyl (C=O) groups is 1. The van der Waals surface area contributed by atoms with Gasteiger partial charge in [0.2, 0.25) is 0 Å². The average Bonchev–Trinajstić information content (AvgIpc) is 2.13. The van der Waals surface area contributed by atoms with Gasteiger partial charge in [0.1, 0.15) is 0 Å². The number of anilines is 1. The number of benzene rings is 1. The van der Waals surface area contributed by atoms with Crippen molar-refractivity contribution < 1.29 is 9.90 Å². The number of halogens is 2. The highest BCUT2D eigenvalue weighted by Gasteiger charge is 2.13. The van der Waals surface area contributed by atoms with Crippen LogP contribution in [0.25, 0.3) is 0 Å². The van der Waals surface area contributed by atoms with Gasteiger partial charge in [0.25, 0.3) is 0 Å². The summed E-state index contributed by atoms with van der Waals surface area (Å²) in [5.74, 6) is -0.967. The third-order valence-corrected chi connectivity index (χ3v) is 2.64. The summed E-state index contributed by atoms with van der Waals surface area (Å²) in [6.45, 7) is 4.15. The van der Waals surface area contributed by atoms with Crippen molar-refractivity contribution in [2.24, 2.45) is 0 Å². The van der Waals surface area contributed by atoms with Gasteiger partial charge in [0.15, 0.2) is 0 Å². The van der Waals surface area contributed by atoms with E-state index in [1.54, 1.807) is 18.2 Å². The van der Waals surface area contributed by atoms with Crippen molar-refractivity contribution in [3.8, 4) is 0 Å². The first-order valence-electron chi connectivity index (χ1n) is 4.11. The molecular formula is C10H9Br2NO2. The Bertz CT molecular complexity index is 404. The first-order chi connectivity index (χ1) is 7.02. The predicted octanol–water partition coefficient (Wildman–Crippen LogP) is 3.47. The minimum Gasteiger partial charge on any atom is -0.478 e. The van der Waals surface area contributed by atoms with Crippen LogP contribution in [0.4, 0.5) is 5.69 Å². The average molecular weight is 335 g/mol. The Balaban J connectivity index is 3.01. The molecule has 0 fully saturated rings. The second-order valence-electron chi connectivity index (χ2n) is 2.84. The van der Waals surface area contributed by atoms with E-state index < -0.39 is 5.97 Å². The summed E-state index contributed by atoms with van der Waals surface area (Å²) in [6.07, 6.45) is 0. The molecule has 2 N–H and O–H groups in total. The molecule has 0 bridgehead atoms. The Morgan fingerprint density at radius 3 is 2.73 bits per heavy atom. The lowest BCUT2D eigenvalue weighted by Crippen LogP contribution is -2.08. The molecule has 80 valence electrons. The molecule has 0 saturated carbocycles. The maximum absolute atomic E-state index is 11.0. The molecular weight excluding hydrogens is 326 g/mol. The van der Waals surface area contributed by atoms with Gasteiger partial charge in [-0.05, 0) is 28.1 Å². The van der Waals surface area contributed by atoms with Crippen LogP contribution in [0, 0.1) is 0 Å². The fourth-order valence-corrected chi connectivity index (χ4v) is 1.76. The van der Waals surface area contributed by atoms with Crippen LogP contribution in [0.2, 0.25) is 0 Å². The standard InChI is InChI=1S/C10H9Br2NO2/c1-6(11)5-13-8-4-2-3-7(12)9(8)10(14)15/h2-4,13H,1,5H2,(H,14,15). The molecule has 0 saturated heterocycles. The molecule has 0 aliphatic heterocycles. The second-order valence-corrected chi connectivity index (χ2v) is 4.81. The van der Waals surface area contributed by atoms with E-state index in [0.29, 0.717) is 16.7 Å². The minimum atomic E-state index is -0.967. The SMILES string of the molecule is C=C(Br)CNc1cccc(Br)c1C(=O)O. The van der Waals surface area contributed by atoms with E-state index in [1.165, 1.54) is 0 Å². The highest BCUT2D eigenvalue weighted by atomic mass is 79.9. The molecule has 0 aliphatic rings. The number of hydrogen-bond donors (Lipinski definition) is 2. The molecule has 3 nitrogen and oxygen atoms in total. The molecule has 0 spiro atoms. The zero-order chi connectivity index (χ0) is 11.4. The van der Waals surface area contributed by atoms with Gasteiger partial charge in [-0.3, -0.25) is 0 Å². The van der Waals surface area contributed by atoms with Crippen molar-refractivity contribution in [1.82, 2.24) is 0 Å². The van der Waals surface area contributed by atoms with Crippen LogP contribution in [0.5, 0.6) is 0 Å². The maximum Gasteiger partial charge on any atom is 0.338 e. The summed E-state index contributed by atoms with van der Waals surface area (Å²) in [5, 5.41) is 12.0. The zero-order valence-corrected chi connectivity index (χ0v) is 10.9. The first-order valence-corrected chi connectivity index (χ1v) is 5.70. The quantitative estimate of drug-likeness (QED) is 0.886. The molecule has 0 unspecified atom stereocenters. The molecule has 5 heteroatoms. The number of nitrogens with one attached hydrogen (secondary N) is 1. The molecule has 1 aromatic carbocycles. The van der Waals surface area contributed by atoms with E-state index in [9.17, 15) is 4.79 Å². The van der Waals surface area contributed by atoms with Crippen molar-refractivity contribution in [2.75, 3.05) is 11.9 Å². The molecule has 0 amide bonds. The number of hydrogen-bond acceptors (Lipinski definition) is 2. The first kappa shape index (κ1) is 12.3. The van der Waals surface area contributed by atoms with E-state index in [4.69, 9.17) is 5.11 Å². The van der Waals surface area contributed by atoms with Crippen LogP contribution in [0.1, 0.15) is 10.4 Å². The van der Waals surface area contributed by atoms with Gasteiger partial charge in [0.05, 0.1) is 11.3 Å². The van der Waals surface area contributed by atoms with Gasteiger partial charge in [-0.25, -0.2) is 4.79 Å². The van der Waals surface area contributed by atoms with Gasteiger partial charge in [-0.15, -0.1) is 0 Å².